The lowest BCUT2D eigenvalue weighted by molar-refractivity contribution is -0.122. The van der Waals surface area contributed by atoms with Crippen molar-refractivity contribution in [2.75, 3.05) is 4.90 Å². The lowest BCUT2D eigenvalue weighted by atomic mass is 9.98. The molecule has 0 saturated carbocycles. The molecule has 18 heavy (non-hydrogen) atoms. The Labute approximate surface area is 108 Å². The minimum absolute atomic E-state index is 0.240. The van der Waals surface area contributed by atoms with Crippen LogP contribution in [0, 0.1) is 5.92 Å². The van der Waals surface area contributed by atoms with Gasteiger partial charge >= 0.3 is 0 Å². The molecule has 2 heterocycles. The highest BCUT2D eigenvalue weighted by Gasteiger charge is 2.53. The Morgan fingerprint density at radius 3 is 2.67 bits per heavy atom. The minimum Gasteiger partial charge on any atom is -0.274 e. The number of amides is 2. The number of fused-ring (bicyclic) bond motifs is 1. The summed E-state index contributed by atoms with van der Waals surface area (Å²) in [7, 11) is 0. The maximum Gasteiger partial charge on any atom is 0.261 e. The van der Waals surface area contributed by atoms with Crippen molar-refractivity contribution in [3.05, 3.63) is 29.3 Å². The van der Waals surface area contributed by atoms with Gasteiger partial charge in [0, 0.05) is 5.02 Å². The molecule has 0 aromatic heterocycles. The Hall–Kier alpha value is -1.75. The molecule has 0 aliphatic carbocycles. The van der Waals surface area contributed by atoms with Crippen LogP contribution in [-0.2, 0) is 9.59 Å². The highest BCUT2D eigenvalue weighted by atomic mass is 35.5. The van der Waals surface area contributed by atoms with Crippen LogP contribution in [0.15, 0.2) is 34.5 Å². The van der Waals surface area contributed by atoms with Crippen molar-refractivity contribution in [2.45, 2.75) is 19.0 Å². The van der Waals surface area contributed by atoms with Gasteiger partial charge in [-0.25, -0.2) is 4.90 Å². The van der Waals surface area contributed by atoms with Crippen molar-refractivity contribution in [3.63, 3.8) is 0 Å². The summed E-state index contributed by atoms with van der Waals surface area (Å²) in [4.78, 5) is 25.6. The lowest BCUT2D eigenvalue weighted by Crippen LogP contribution is -2.32. The molecule has 0 radical (unpaired) electrons. The molecule has 2 aliphatic rings. The fraction of sp³-hybridized carbons (Fsp3) is 0.333. The van der Waals surface area contributed by atoms with Gasteiger partial charge in [0.05, 0.1) is 17.6 Å². The molecule has 2 amide bonds. The quantitative estimate of drug-likeness (QED) is 0.728. The Bertz CT molecular complexity index is 572. The zero-order valence-corrected chi connectivity index (χ0v) is 10.3. The number of anilines is 1. The number of halogens is 1. The van der Waals surface area contributed by atoms with Crippen LogP contribution in [-0.4, -0.2) is 23.9 Å². The maximum absolute atomic E-state index is 12.3. The van der Waals surface area contributed by atoms with Crippen LogP contribution >= 0.6 is 11.6 Å². The van der Waals surface area contributed by atoms with Gasteiger partial charge < -0.3 is 0 Å². The van der Waals surface area contributed by atoms with Crippen LogP contribution in [0.25, 0.3) is 0 Å². The highest BCUT2D eigenvalue weighted by Crippen LogP contribution is 2.36. The molecule has 3 rings (SSSR count). The first-order valence-electron chi connectivity index (χ1n) is 5.63. The number of imide groups is 1. The smallest absolute Gasteiger partial charge is 0.261 e. The van der Waals surface area contributed by atoms with Gasteiger partial charge in [-0.2, -0.15) is 10.2 Å². The van der Waals surface area contributed by atoms with Crippen molar-refractivity contribution in [1.82, 2.24) is 0 Å². The first kappa shape index (κ1) is 11.3. The lowest BCUT2D eigenvalue weighted by Gasteiger charge is -2.15. The van der Waals surface area contributed by atoms with E-state index in [0.717, 1.165) is 4.90 Å². The molecule has 1 aromatic carbocycles. The van der Waals surface area contributed by atoms with Crippen LogP contribution in [0.1, 0.15) is 6.92 Å². The second-order valence-corrected chi connectivity index (χ2v) is 4.87. The summed E-state index contributed by atoms with van der Waals surface area (Å²) in [5.41, 5.74) is 0.495. The number of benzene rings is 1. The van der Waals surface area contributed by atoms with Gasteiger partial charge in [-0.05, 0) is 25.1 Å². The first-order chi connectivity index (χ1) is 8.59. The standard InChI is InChI=1S/C12H10ClN3O2/c1-6-9-10(15-14-6)12(18)16(11(9)17)8-4-2-3-7(13)5-8/h2-6,9-10H,1H3/t6-,9+,10-/m0/s1. The SMILES string of the molecule is C[C@@H]1N=N[C@@H]2C(=O)N(c3cccc(Cl)c3)C(=O)[C@H]12. The average Bonchev–Trinajstić information content (AvgIpc) is 2.81. The predicted octanol–water partition coefficient (Wildman–Crippen LogP) is 2.05. The van der Waals surface area contributed by atoms with Crippen molar-refractivity contribution < 1.29 is 9.59 Å². The molecule has 0 bridgehead atoms. The van der Waals surface area contributed by atoms with E-state index in [1.807, 2.05) is 0 Å². The van der Waals surface area contributed by atoms with E-state index < -0.39 is 12.0 Å². The zero-order valence-electron chi connectivity index (χ0n) is 9.58. The number of nitrogens with zero attached hydrogens (tertiary/aromatic N) is 3. The normalized spacial score (nSPS) is 30.1. The topological polar surface area (TPSA) is 62.1 Å². The first-order valence-corrected chi connectivity index (χ1v) is 6.01. The Morgan fingerprint density at radius 2 is 2.00 bits per heavy atom. The molecule has 6 heteroatoms. The fourth-order valence-corrected chi connectivity index (χ4v) is 2.57. The van der Waals surface area contributed by atoms with Crippen molar-refractivity contribution in [1.29, 1.82) is 0 Å². The third-order valence-corrected chi connectivity index (χ3v) is 3.51. The third kappa shape index (κ3) is 1.47. The summed E-state index contributed by atoms with van der Waals surface area (Å²) < 4.78 is 0. The number of hydrogen-bond donors (Lipinski definition) is 0. The number of hydrogen-bond acceptors (Lipinski definition) is 4. The van der Waals surface area contributed by atoms with Crippen LogP contribution < -0.4 is 4.90 Å². The average molecular weight is 264 g/mol. The van der Waals surface area contributed by atoms with Gasteiger partial charge in [-0.1, -0.05) is 17.7 Å². The van der Waals surface area contributed by atoms with E-state index in [9.17, 15) is 9.59 Å². The summed E-state index contributed by atoms with van der Waals surface area (Å²) in [5, 5.41) is 8.27. The third-order valence-electron chi connectivity index (χ3n) is 3.28. The van der Waals surface area contributed by atoms with Crippen LogP contribution in [0.4, 0.5) is 5.69 Å². The Morgan fingerprint density at radius 1 is 1.22 bits per heavy atom. The minimum atomic E-state index is -0.661. The molecule has 2 aliphatic heterocycles. The Kier molecular flexibility index (Phi) is 2.45. The van der Waals surface area contributed by atoms with E-state index in [-0.39, 0.29) is 17.9 Å². The summed E-state index contributed by atoms with van der Waals surface area (Å²) in [6.07, 6.45) is 0. The molecule has 1 aromatic rings. The monoisotopic (exact) mass is 263 g/mol. The summed E-state index contributed by atoms with van der Waals surface area (Å²) in [6, 6.07) is 5.78. The number of rotatable bonds is 1. The van der Waals surface area contributed by atoms with E-state index >= 15 is 0 Å². The molecular weight excluding hydrogens is 254 g/mol. The second-order valence-electron chi connectivity index (χ2n) is 4.43. The van der Waals surface area contributed by atoms with Gasteiger partial charge in [0.15, 0.2) is 6.04 Å². The molecular formula is C12H10ClN3O2. The summed E-state index contributed by atoms with van der Waals surface area (Å²) in [6.45, 7) is 1.79. The van der Waals surface area contributed by atoms with Crippen LogP contribution in [0.5, 0.6) is 0 Å². The van der Waals surface area contributed by atoms with Gasteiger partial charge in [-0.3, -0.25) is 9.59 Å². The van der Waals surface area contributed by atoms with Crippen molar-refractivity contribution in [2.24, 2.45) is 16.1 Å². The molecule has 3 atom stereocenters. The summed E-state index contributed by atoms with van der Waals surface area (Å²) >= 11 is 5.88. The molecule has 1 fully saturated rings. The van der Waals surface area contributed by atoms with Crippen LogP contribution in [0.2, 0.25) is 5.02 Å². The molecule has 92 valence electrons. The van der Waals surface area contributed by atoms with Crippen molar-refractivity contribution in [3.8, 4) is 0 Å². The number of carbonyl (C=O) groups is 2. The predicted molar refractivity (Wildman–Crippen MR) is 65.5 cm³/mol. The molecule has 0 unspecified atom stereocenters. The van der Waals surface area contributed by atoms with Gasteiger partial charge in [-0.15, -0.1) is 0 Å². The van der Waals surface area contributed by atoms with E-state index in [1.54, 1.807) is 31.2 Å². The second kappa shape index (κ2) is 3.88. The van der Waals surface area contributed by atoms with Crippen LogP contribution in [0.3, 0.4) is 0 Å². The largest absolute Gasteiger partial charge is 0.274 e. The Balaban J connectivity index is 2.02. The van der Waals surface area contributed by atoms with E-state index in [0.29, 0.717) is 10.7 Å². The van der Waals surface area contributed by atoms with Gasteiger partial charge in [0.2, 0.25) is 5.91 Å². The number of azo groups is 1. The number of carbonyl (C=O) groups excluding carboxylic acids is 2. The van der Waals surface area contributed by atoms with Crippen molar-refractivity contribution >= 4 is 29.1 Å². The molecule has 5 nitrogen and oxygen atoms in total. The van der Waals surface area contributed by atoms with E-state index in [1.165, 1.54) is 0 Å². The van der Waals surface area contributed by atoms with E-state index in [4.69, 9.17) is 11.6 Å². The van der Waals surface area contributed by atoms with E-state index in [2.05, 4.69) is 10.2 Å². The fourth-order valence-electron chi connectivity index (χ4n) is 2.39. The summed E-state index contributed by atoms with van der Waals surface area (Å²) in [5.74, 6) is -1.03. The van der Waals surface area contributed by atoms with Gasteiger partial charge in [0.25, 0.3) is 5.91 Å². The molecule has 0 N–H and O–H groups in total. The van der Waals surface area contributed by atoms with Gasteiger partial charge in [0.1, 0.15) is 0 Å². The molecule has 0 spiro atoms. The highest BCUT2D eigenvalue weighted by molar-refractivity contribution is 6.31. The maximum atomic E-state index is 12.3. The zero-order chi connectivity index (χ0) is 12.9. The molecule has 1 saturated heterocycles.